The maximum absolute atomic E-state index is 5.13. The molecule has 2 aromatic rings. The number of rotatable bonds is 4. The van der Waals surface area contributed by atoms with Gasteiger partial charge in [0.1, 0.15) is 18.2 Å². The van der Waals surface area contributed by atoms with Gasteiger partial charge in [0.25, 0.3) is 0 Å². The smallest absolute Gasteiger partial charge is 0.244 e. The lowest BCUT2D eigenvalue weighted by atomic mass is 10.3. The zero-order valence-corrected chi connectivity index (χ0v) is 13.2. The van der Waals surface area contributed by atoms with Gasteiger partial charge in [0.05, 0.1) is 0 Å². The van der Waals surface area contributed by atoms with Crippen molar-refractivity contribution in [3.8, 4) is 0 Å². The van der Waals surface area contributed by atoms with E-state index in [-0.39, 0.29) is 0 Å². The number of aromatic amines is 1. The zero-order valence-electron chi connectivity index (χ0n) is 13.2. The van der Waals surface area contributed by atoms with Crippen LogP contribution in [0.4, 0.5) is 11.8 Å². The van der Waals surface area contributed by atoms with Crippen molar-refractivity contribution >= 4 is 11.8 Å². The Kier molecular flexibility index (Phi) is 4.19. The van der Waals surface area contributed by atoms with Crippen LogP contribution in [-0.2, 0) is 11.3 Å². The number of anilines is 2. The third-order valence-electron chi connectivity index (χ3n) is 3.63. The molecule has 2 aromatic heterocycles. The highest BCUT2D eigenvalue weighted by molar-refractivity contribution is 5.43. The molecular formula is C14H21N7O. The molecule has 8 heteroatoms. The third kappa shape index (κ3) is 3.16. The van der Waals surface area contributed by atoms with Gasteiger partial charge in [-0.1, -0.05) is 0 Å². The van der Waals surface area contributed by atoms with Gasteiger partial charge in [-0.3, -0.25) is 5.10 Å². The number of piperazine rings is 1. The summed E-state index contributed by atoms with van der Waals surface area (Å²) in [6.45, 7) is 7.85. The van der Waals surface area contributed by atoms with Gasteiger partial charge in [0.15, 0.2) is 5.82 Å². The van der Waals surface area contributed by atoms with Crippen molar-refractivity contribution in [1.82, 2.24) is 25.1 Å². The van der Waals surface area contributed by atoms with E-state index < -0.39 is 0 Å². The highest BCUT2D eigenvalue weighted by atomic mass is 16.5. The van der Waals surface area contributed by atoms with Crippen LogP contribution < -0.4 is 9.80 Å². The van der Waals surface area contributed by atoms with Crippen molar-refractivity contribution in [2.75, 3.05) is 43.1 Å². The van der Waals surface area contributed by atoms with Crippen LogP contribution in [0.25, 0.3) is 0 Å². The summed E-state index contributed by atoms with van der Waals surface area (Å²) in [6.07, 6.45) is 0. The second-order valence-corrected chi connectivity index (χ2v) is 5.41. The lowest BCUT2D eigenvalue weighted by Crippen LogP contribution is -2.47. The van der Waals surface area contributed by atoms with E-state index in [4.69, 9.17) is 4.74 Å². The lowest BCUT2D eigenvalue weighted by molar-refractivity contribution is 0.177. The Morgan fingerprint density at radius 3 is 2.45 bits per heavy atom. The summed E-state index contributed by atoms with van der Waals surface area (Å²) in [6, 6.07) is 2.02. The Bertz CT molecular complexity index is 634. The van der Waals surface area contributed by atoms with Crippen LogP contribution >= 0.6 is 0 Å². The molecule has 0 atom stereocenters. The number of hydrogen-bond donors (Lipinski definition) is 1. The molecule has 0 aromatic carbocycles. The molecule has 1 aliphatic rings. The van der Waals surface area contributed by atoms with Gasteiger partial charge >= 0.3 is 0 Å². The number of nitrogens with zero attached hydrogens (tertiary/aromatic N) is 6. The fourth-order valence-corrected chi connectivity index (χ4v) is 2.58. The van der Waals surface area contributed by atoms with Crippen molar-refractivity contribution in [2.45, 2.75) is 20.5 Å². The summed E-state index contributed by atoms with van der Waals surface area (Å²) in [7, 11) is 1.66. The predicted octanol–water partition coefficient (Wildman–Crippen LogP) is 0.685. The SMILES string of the molecule is COCc1nc(C)cc(N2CCN(c3n[nH]c(C)n3)CC2)n1. The van der Waals surface area contributed by atoms with Crippen LogP contribution in [0.15, 0.2) is 6.07 Å². The van der Waals surface area contributed by atoms with Gasteiger partial charge < -0.3 is 14.5 Å². The van der Waals surface area contributed by atoms with Gasteiger partial charge in [-0.15, -0.1) is 5.10 Å². The number of H-pyrrole nitrogens is 1. The van der Waals surface area contributed by atoms with Crippen molar-refractivity contribution in [3.05, 3.63) is 23.4 Å². The van der Waals surface area contributed by atoms with Crippen molar-refractivity contribution in [3.63, 3.8) is 0 Å². The molecule has 118 valence electrons. The van der Waals surface area contributed by atoms with Gasteiger partial charge in [-0.25, -0.2) is 9.97 Å². The summed E-state index contributed by atoms with van der Waals surface area (Å²) in [4.78, 5) is 17.8. The first-order valence-electron chi connectivity index (χ1n) is 7.38. The topological polar surface area (TPSA) is 83.1 Å². The molecule has 22 heavy (non-hydrogen) atoms. The maximum atomic E-state index is 5.13. The molecule has 0 aliphatic carbocycles. The second kappa shape index (κ2) is 6.27. The van der Waals surface area contributed by atoms with Crippen molar-refractivity contribution < 1.29 is 4.74 Å². The molecule has 3 heterocycles. The Hall–Kier alpha value is -2.22. The van der Waals surface area contributed by atoms with E-state index in [2.05, 4.69) is 34.9 Å². The molecule has 0 radical (unpaired) electrons. The molecule has 1 N–H and O–H groups in total. The summed E-state index contributed by atoms with van der Waals surface area (Å²) in [5.74, 6) is 3.30. The molecule has 0 amide bonds. The van der Waals surface area contributed by atoms with E-state index in [9.17, 15) is 0 Å². The van der Waals surface area contributed by atoms with Gasteiger partial charge in [-0.2, -0.15) is 4.98 Å². The largest absolute Gasteiger partial charge is 0.377 e. The van der Waals surface area contributed by atoms with Crippen molar-refractivity contribution in [2.24, 2.45) is 0 Å². The van der Waals surface area contributed by atoms with E-state index in [0.717, 1.165) is 55.3 Å². The Morgan fingerprint density at radius 2 is 1.82 bits per heavy atom. The molecule has 0 bridgehead atoms. The van der Waals surface area contributed by atoms with Gasteiger partial charge in [-0.05, 0) is 13.8 Å². The molecule has 0 unspecified atom stereocenters. The molecule has 1 aliphatic heterocycles. The predicted molar refractivity (Wildman–Crippen MR) is 83.0 cm³/mol. The molecule has 8 nitrogen and oxygen atoms in total. The molecule has 1 fully saturated rings. The summed E-state index contributed by atoms with van der Waals surface area (Å²) >= 11 is 0. The molecule has 1 saturated heterocycles. The number of methoxy groups -OCH3 is 1. The Labute approximate surface area is 129 Å². The minimum atomic E-state index is 0.436. The average molecular weight is 303 g/mol. The zero-order chi connectivity index (χ0) is 15.5. The van der Waals surface area contributed by atoms with E-state index >= 15 is 0 Å². The van der Waals surface area contributed by atoms with Crippen LogP contribution in [0.2, 0.25) is 0 Å². The van der Waals surface area contributed by atoms with E-state index in [0.29, 0.717) is 6.61 Å². The molecule has 0 saturated carbocycles. The maximum Gasteiger partial charge on any atom is 0.244 e. The quantitative estimate of drug-likeness (QED) is 0.889. The first-order chi connectivity index (χ1) is 10.7. The van der Waals surface area contributed by atoms with E-state index in [1.807, 2.05) is 19.9 Å². The van der Waals surface area contributed by atoms with Crippen LogP contribution in [-0.4, -0.2) is 58.4 Å². The molecule has 0 spiro atoms. The summed E-state index contributed by atoms with van der Waals surface area (Å²) in [5.41, 5.74) is 0.962. The summed E-state index contributed by atoms with van der Waals surface area (Å²) in [5, 5.41) is 7.11. The van der Waals surface area contributed by atoms with E-state index in [1.54, 1.807) is 7.11 Å². The van der Waals surface area contributed by atoms with Crippen LogP contribution in [0.3, 0.4) is 0 Å². The van der Waals surface area contributed by atoms with Gasteiger partial charge in [0.2, 0.25) is 5.95 Å². The number of aryl methyl sites for hydroxylation is 2. The fourth-order valence-electron chi connectivity index (χ4n) is 2.58. The Balaban J connectivity index is 1.68. The third-order valence-corrected chi connectivity index (χ3v) is 3.63. The normalized spacial score (nSPS) is 15.4. The van der Waals surface area contributed by atoms with E-state index in [1.165, 1.54) is 0 Å². The van der Waals surface area contributed by atoms with Crippen LogP contribution in [0.5, 0.6) is 0 Å². The second-order valence-electron chi connectivity index (χ2n) is 5.41. The average Bonchev–Trinajstić information content (AvgIpc) is 2.94. The van der Waals surface area contributed by atoms with Crippen LogP contribution in [0, 0.1) is 13.8 Å². The summed E-state index contributed by atoms with van der Waals surface area (Å²) < 4.78 is 5.13. The monoisotopic (exact) mass is 303 g/mol. The standard InChI is InChI=1S/C14H21N7O/c1-10-8-13(17-12(15-10)9-22-3)20-4-6-21(7-5-20)14-16-11(2)18-19-14/h8H,4-7,9H2,1-3H3,(H,16,18,19). The number of aromatic nitrogens is 5. The first-order valence-corrected chi connectivity index (χ1v) is 7.38. The molecule has 3 rings (SSSR count). The highest BCUT2D eigenvalue weighted by Crippen LogP contribution is 2.17. The Morgan fingerprint density at radius 1 is 1.09 bits per heavy atom. The first kappa shape index (κ1) is 14.7. The number of hydrogen-bond acceptors (Lipinski definition) is 7. The minimum Gasteiger partial charge on any atom is -0.377 e. The minimum absolute atomic E-state index is 0.436. The molecular weight excluding hydrogens is 282 g/mol. The van der Waals surface area contributed by atoms with Crippen molar-refractivity contribution in [1.29, 1.82) is 0 Å². The van der Waals surface area contributed by atoms with Crippen LogP contribution in [0.1, 0.15) is 17.3 Å². The highest BCUT2D eigenvalue weighted by Gasteiger charge is 2.21. The number of ether oxygens (including phenoxy) is 1. The number of nitrogens with one attached hydrogen (secondary N) is 1. The lowest BCUT2D eigenvalue weighted by Gasteiger charge is -2.35. The fraction of sp³-hybridized carbons (Fsp3) is 0.571. The van der Waals surface area contributed by atoms with Gasteiger partial charge in [0, 0.05) is 45.0 Å².